The Hall–Kier alpha value is -1.92. The molecule has 0 atom stereocenters. The number of hydrogen-bond acceptors (Lipinski definition) is 3. The van der Waals surface area contributed by atoms with Crippen LogP contribution in [0, 0.1) is 0 Å². The molecule has 1 fully saturated rings. The normalized spacial score (nSPS) is 16.9. The van der Waals surface area contributed by atoms with Crippen LogP contribution in [-0.2, 0) is 11.0 Å². The van der Waals surface area contributed by atoms with Crippen LogP contribution in [0.15, 0.2) is 18.2 Å². The molecule has 1 aromatic rings. The molecule has 0 spiro atoms. The first-order valence-electron chi connectivity index (χ1n) is 6.66. The average Bonchev–Trinajstić information content (AvgIpc) is 2.40. The molecule has 2 rings (SSSR count). The minimum absolute atomic E-state index is 0.0306. The Balaban J connectivity index is 2.09. The monoisotopic (exact) mass is 302 g/mol. The van der Waals surface area contributed by atoms with Crippen molar-refractivity contribution in [3.8, 4) is 5.75 Å². The van der Waals surface area contributed by atoms with E-state index in [0.717, 1.165) is 6.07 Å². The standard InChI is InChI=1S/C14H17F3N2O2/c1-9(20)19-6-4-11(5-7-19)21-13-3-2-10(18)8-12(13)14(15,16)17/h2-3,8,11H,4-7,18H2,1H3. The van der Waals surface area contributed by atoms with Gasteiger partial charge in [-0.25, -0.2) is 0 Å². The number of halogens is 3. The van der Waals surface area contributed by atoms with E-state index in [1.54, 1.807) is 4.90 Å². The van der Waals surface area contributed by atoms with Crippen molar-refractivity contribution >= 4 is 11.6 Å². The molecule has 1 heterocycles. The molecule has 0 bridgehead atoms. The fourth-order valence-electron chi connectivity index (χ4n) is 2.34. The quantitative estimate of drug-likeness (QED) is 0.855. The summed E-state index contributed by atoms with van der Waals surface area (Å²) in [5.41, 5.74) is 4.59. The van der Waals surface area contributed by atoms with E-state index in [-0.39, 0.29) is 23.4 Å². The number of piperidine rings is 1. The zero-order valence-corrected chi connectivity index (χ0v) is 11.6. The number of carbonyl (C=O) groups is 1. The van der Waals surface area contributed by atoms with Crippen LogP contribution in [0.4, 0.5) is 18.9 Å². The highest BCUT2D eigenvalue weighted by molar-refractivity contribution is 5.73. The van der Waals surface area contributed by atoms with Crippen molar-refractivity contribution in [2.24, 2.45) is 0 Å². The van der Waals surface area contributed by atoms with Crippen LogP contribution >= 0.6 is 0 Å². The number of nitrogens with zero attached hydrogens (tertiary/aromatic N) is 1. The number of ether oxygens (including phenoxy) is 1. The zero-order valence-electron chi connectivity index (χ0n) is 11.6. The summed E-state index contributed by atoms with van der Waals surface area (Å²) in [6.45, 7) is 2.47. The molecule has 1 aliphatic rings. The molecule has 0 aromatic heterocycles. The largest absolute Gasteiger partial charge is 0.490 e. The molecule has 2 N–H and O–H groups in total. The maximum absolute atomic E-state index is 13.0. The molecule has 1 aromatic carbocycles. The summed E-state index contributed by atoms with van der Waals surface area (Å²) in [6.07, 6.45) is -3.81. The smallest absolute Gasteiger partial charge is 0.420 e. The van der Waals surface area contributed by atoms with Crippen LogP contribution in [0.3, 0.4) is 0 Å². The fourth-order valence-corrected chi connectivity index (χ4v) is 2.34. The van der Waals surface area contributed by atoms with E-state index in [0.29, 0.717) is 25.9 Å². The van der Waals surface area contributed by atoms with Crippen molar-refractivity contribution < 1.29 is 22.7 Å². The lowest BCUT2D eigenvalue weighted by Crippen LogP contribution is -2.40. The van der Waals surface area contributed by atoms with Gasteiger partial charge < -0.3 is 15.4 Å². The number of hydrogen-bond donors (Lipinski definition) is 1. The number of alkyl halides is 3. The first-order valence-corrected chi connectivity index (χ1v) is 6.66. The third-order valence-electron chi connectivity index (χ3n) is 3.49. The lowest BCUT2D eigenvalue weighted by Gasteiger charge is -2.32. The highest BCUT2D eigenvalue weighted by Gasteiger charge is 2.35. The summed E-state index contributed by atoms with van der Waals surface area (Å²) in [5.74, 6) is -0.241. The van der Waals surface area contributed by atoms with Crippen molar-refractivity contribution in [3.63, 3.8) is 0 Å². The second-order valence-corrected chi connectivity index (χ2v) is 5.08. The fraction of sp³-hybridized carbons (Fsp3) is 0.500. The van der Waals surface area contributed by atoms with Gasteiger partial charge in [0, 0.05) is 38.5 Å². The van der Waals surface area contributed by atoms with E-state index >= 15 is 0 Å². The molecule has 1 saturated heterocycles. The predicted molar refractivity (Wildman–Crippen MR) is 71.8 cm³/mol. The maximum Gasteiger partial charge on any atom is 0.420 e. The Labute approximate surface area is 120 Å². The lowest BCUT2D eigenvalue weighted by atomic mass is 10.1. The van der Waals surface area contributed by atoms with Crippen molar-refractivity contribution in [2.75, 3.05) is 18.8 Å². The molecule has 1 amide bonds. The van der Waals surface area contributed by atoms with Gasteiger partial charge in [0.15, 0.2) is 0 Å². The van der Waals surface area contributed by atoms with Gasteiger partial charge in [0.2, 0.25) is 5.91 Å². The van der Waals surface area contributed by atoms with Gasteiger partial charge >= 0.3 is 6.18 Å². The predicted octanol–water partition coefficient (Wildman–Crippen LogP) is 2.68. The van der Waals surface area contributed by atoms with Crippen LogP contribution in [0.1, 0.15) is 25.3 Å². The Morgan fingerprint density at radius 1 is 1.33 bits per heavy atom. The summed E-state index contributed by atoms with van der Waals surface area (Å²) >= 11 is 0. The number of anilines is 1. The SMILES string of the molecule is CC(=O)N1CCC(Oc2ccc(N)cc2C(F)(F)F)CC1. The summed E-state index contributed by atoms with van der Waals surface area (Å²) < 4.78 is 44.4. The molecule has 0 aliphatic carbocycles. The Kier molecular flexibility index (Phi) is 4.29. The molecule has 0 unspecified atom stereocenters. The van der Waals surface area contributed by atoms with Gasteiger partial charge in [-0.2, -0.15) is 13.2 Å². The maximum atomic E-state index is 13.0. The van der Waals surface area contributed by atoms with Gasteiger partial charge in [-0.05, 0) is 18.2 Å². The summed E-state index contributed by atoms with van der Waals surface area (Å²) in [6, 6.07) is 3.50. The van der Waals surface area contributed by atoms with Crippen molar-refractivity contribution in [1.82, 2.24) is 4.90 Å². The van der Waals surface area contributed by atoms with Gasteiger partial charge in [-0.1, -0.05) is 0 Å². The zero-order chi connectivity index (χ0) is 15.6. The minimum atomic E-state index is -4.51. The van der Waals surface area contributed by atoms with Gasteiger partial charge in [0.25, 0.3) is 0 Å². The third kappa shape index (κ3) is 3.80. The summed E-state index contributed by atoms with van der Waals surface area (Å²) in [7, 11) is 0. The van der Waals surface area contributed by atoms with E-state index in [9.17, 15) is 18.0 Å². The highest BCUT2D eigenvalue weighted by Crippen LogP contribution is 2.38. The van der Waals surface area contributed by atoms with Crippen molar-refractivity contribution in [2.45, 2.75) is 32.0 Å². The van der Waals surface area contributed by atoms with E-state index < -0.39 is 11.7 Å². The van der Waals surface area contributed by atoms with Crippen molar-refractivity contribution in [3.05, 3.63) is 23.8 Å². The Morgan fingerprint density at radius 2 is 1.95 bits per heavy atom. The molecular formula is C14H17F3N2O2. The van der Waals surface area contributed by atoms with Gasteiger partial charge in [-0.15, -0.1) is 0 Å². The van der Waals surface area contributed by atoms with Crippen LogP contribution in [0.25, 0.3) is 0 Å². The van der Waals surface area contributed by atoms with Gasteiger partial charge in [0.1, 0.15) is 11.9 Å². The number of rotatable bonds is 2. The average molecular weight is 302 g/mol. The van der Waals surface area contributed by atoms with Gasteiger partial charge in [-0.3, -0.25) is 4.79 Å². The van der Waals surface area contributed by atoms with E-state index in [1.165, 1.54) is 19.1 Å². The number of benzene rings is 1. The summed E-state index contributed by atoms with van der Waals surface area (Å²) in [4.78, 5) is 12.9. The molecule has 0 saturated carbocycles. The van der Waals surface area contributed by atoms with Crippen LogP contribution in [0.5, 0.6) is 5.75 Å². The molecule has 21 heavy (non-hydrogen) atoms. The van der Waals surface area contributed by atoms with Crippen LogP contribution in [-0.4, -0.2) is 30.0 Å². The Bertz CT molecular complexity index is 523. The number of nitrogen functional groups attached to an aromatic ring is 1. The molecular weight excluding hydrogens is 285 g/mol. The molecule has 1 aliphatic heterocycles. The first-order chi connectivity index (χ1) is 9.77. The minimum Gasteiger partial charge on any atom is -0.490 e. The second-order valence-electron chi connectivity index (χ2n) is 5.08. The Morgan fingerprint density at radius 3 is 2.48 bits per heavy atom. The molecule has 7 heteroatoms. The van der Waals surface area contributed by atoms with Crippen LogP contribution in [0.2, 0.25) is 0 Å². The molecule has 0 radical (unpaired) electrons. The number of nitrogens with two attached hydrogens (primary N) is 1. The highest BCUT2D eigenvalue weighted by atomic mass is 19.4. The number of likely N-dealkylation sites (tertiary alicyclic amines) is 1. The summed E-state index contributed by atoms with van der Waals surface area (Å²) in [5, 5.41) is 0. The van der Waals surface area contributed by atoms with E-state index in [4.69, 9.17) is 10.5 Å². The third-order valence-corrected chi connectivity index (χ3v) is 3.49. The van der Waals surface area contributed by atoms with Crippen molar-refractivity contribution in [1.29, 1.82) is 0 Å². The number of amides is 1. The van der Waals surface area contributed by atoms with Crippen LogP contribution < -0.4 is 10.5 Å². The van der Waals surface area contributed by atoms with Gasteiger partial charge in [0.05, 0.1) is 5.56 Å². The molecule has 4 nitrogen and oxygen atoms in total. The topological polar surface area (TPSA) is 55.6 Å². The number of carbonyl (C=O) groups excluding carboxylic acids is 1. The molecule has 116 valence electrons. The first kappa shape index (κ1) is 15.5. The second kappa shape index (κ2) is 5.83. The van der Waals surface area contributed by atoms with E-state index in [2.05, 4.69) is 0 Å². The lowest BCUT2D eigenvalue weighted by molar-refractivity contribution is -0.139. The van der Waals surface area contributed by atoms with E-state index in [1.807, 2.05) is 0 Å².